The first-order chi connectivity index (χ1) is 4.69. The van der Waals surface area contributed by atoms with E-state index in [1.165, 1.54) is 0 Å². The number of hydrogen-bond donors (Lipinski definition) is 1. The number of nitrogens with one attached hydrogen (secondary N) is 1. The summed E-state index contributed by atoms with van der Waals surface area (Å²) in [5.41, 5.74) is 0.0694. The van der Waals surface area contributed by atoms with Gasteiger partial charge in [0.2, 0.25) is 5.91 Å². The van der Waals surface area contributed by atoms with Crippen molar-refractivity contribution in [3.05, 3.63) is 0 Å². The predicted octanol–water partition coefficient (Wildman–Crippen LogP) is 0.778. The summed E-state index contributed by atoms with van der Waals surface area (Å²) in [6.07, 6.45) is 1.06. The van der Waals surface area contributed by atoms with Gasteiger partial charge < -0.3 is 5.32 Å². The Balaban J connectivity index is 2.25. The largest absolute Gasteiger partial charge is 0.356 e. The van der Waals surface area contributed by atoms with Crippen LogP contribution in [-0.2, 0) is 4.79 Å². The normalized spacial score (nSPS) is 51.6. The number of hydrogen-bond acceptors (Lipinski definition) is 1. The van der Waals surface area contributed by atoms with Gasteiger partial charge in [0.25, 0.3) is 0 Å². The quantitative estimate of drug-likeness (QED) is 0.528. The van der Waals surface area contributed by atoms with Crippen LogP contribution in [0.1, 0.15) is 20.3 Å². The number of rotatable bonds is 0. The van der Waals surface area contributed by atoms with Gasteiger partial charge in [0.1, 0.15) is 0 Å². The molecule has 2 unspecified atom stereocenters. The number of amides is 1. The predicted molar refractivity (Wildman–Crippen MR) is 38.4 cm³/mol. The molecule has 0 bridgehead atoms. The van der Waals surface area contributed by atoms with Crippen molar-refractivity contribution < 1.29 is 4.79 Å². The second-order valence-corrected chi connectivity index (χ2v) is 3.62. The molecule has 1 aliphatic heterocycles. The zero-order valence-corrected chi connectivity index (χ0v) is 6.48. The summed E-state index contributed by atoms with van der Waals surface area (Å²) in [5.74, 6) is 1.54. The molecule has 0 aromatic rings. The van der Waals surface area contributed by atoms with Gasteiger partial charge in [-0.2, -0.15) is 0 Å². The van der Waals surface area contributed by atoms with E-state index >= 15 is 0 Å². The van der Waals surface area contributed by atoms with Gasteiger partial charge >= 0.3 is 0 Å². The Morgan fingerprint density at radius 3 is 2.30 bits per heavy atom. The highest BCUT2D eigenvalue weighted by atomic mass is 16.2. The van der Waals surface area contributed by atoms with Gasteiger partial charge in [-0.1, -0.05) is 13.8 Å². The lowest BCUT2D eigenvalue weighted by Gasteiger charge is -2.01. The molecule has 2 rings (SSSR count). The van der Waals surface area contributed by atoms with E-state index in [9.17, 15) is 4.79 Å². The highest BCUT2D eigenvalue weighted by Crippen LogP contribution is 2.62. The lowest BCUT2D eigenvalue weighted by Crippen LogP contribution is -2.21. The van der Waals surface area contributed by atoms with Crippen LogP contribution >= 0.6 is 0 Å². The molecular weight excluding hydrogens is 126 g/mol. The van der Waals surface area contributed by atoms with Crippen molar-refractivity contribution in [1.29, 1.82) is 0 Å². The van der Waals surface area contributed by atoms with E-state index in [0.717, 1.165) is 13.0 Å². The minimum atomic E-state index is 0.0694. The Labute approximate surface area is 61.0 Å². The minimum absolute atomic E-state index is 0.0694. The van der Waals surface area contributed by atoms with Crippen molar-refractivity contribution in [2.45, 2.75) is 20.3 Å². The van der Waals surface area contributed by atoms with E-state index in [4.69, 9.17) is 0 Å². The minimum Gasteiger partial charge on any atom is -0.356 e. The molecule has 2 fully saturated rings. The standard InChI is InChI=1S/C8H13NO/c1-5-6(2)8(5)3-4-9-7(8)10/h5-6H,3-4H2,1-2H3,(H,9,10). The maximum Gasteiger partial charge on any atom is 0.226 e. The molecule has 1 saturated heterocycles. The van der Waals surface area contributed by atoms with Gasteiger partial charge in [0, 0.05) is 6.54 Å². The SMILES string of the molecule is CC1C(C)C12CCNC2=O. The maximum absolute atomic E-state index is 11.3. The summed E-state index contributed by atoms with van der Waals surface area (Å²) in [6.45, 7) is 5.25. The molecule has 2 nitrogen and oxygen atoms in total. The Kier molecular flexibility index (Phi) is 0.960. The Bertz CT molecular complexity index is 180. The van der Waals surface area contributed by atoms with E-state index in [0.29, 0.717) is 17.7 Å². The fourth-order valence-corrected chi connectivity index (χ4v) is 2.39. The second kappa shape index (κ2) is 1.55. The van der Waals surface area contributed by atoms with Crippen LogP contribution in [0, 0.1) is 17.3 Å². The molecule has 1 saturated carbocycles. The number of carbonyl (C=O) groups is 1. The fraction of sp³-hybridized carbons (Fsp3) is 0.875. The van der Waals surface area contributed by atoms with Gasteiger partial charge in [-0.05, 0) is 18.3 Å². The molecule has 0 aromatic heterocycles. The van der Waals surface area contributed by atoms with Crippen molar-refractivity contribution in [2.24, 2.45) is 17.3 Å². The smallest absolute Gasteiger partial charge is 0.226 e. The molecule has 1 spiro atoms. The maximum atomic E-state index is 11.3. The molecule has 2 atom stereocenters. The van der Waals surface area contributed by atoms with E-state index in [2.05, 4.69) is 19.2 Å². The zero-order chi connectivity index (χ0) is 7.35. The zero-order valence-electron chi connectivity index (χ0n) is 6.48. The van der Waals surface area contributed by atoms with Crippen molar-refractivity contribution >= 4 is 5.91 Å². The molecule has 56 valence electrons. The number of carbonyl (C=O) groups excluding carboxylic acids is 1. The second-order valence-electron chi connectivity index (χ2n) is 3.62. The Morgan fingerprint density at radius 1 is 1.50 bits per heavy atom. The fourth-order valence-electron chi connectivity index (χ4n) is 2.39. The summed E-state index contributed by atoms with van der Waals surface area (Å²) in [4.78, 5) is 11.3. The molecule has 2 aliphatic rings. The van der Waals surface area contributed by atoms with E-state index in [1.807, 2.05) is 0 Å². The summed E-state index contributed by atoms with van der Waals surface area (Å²) in [7, 11) is 0. The van der Waals surface area contributed by atoms with Gasteiger partial charge in [-0.25, -0.2) is 0 Å². The molecule has 0 radical (unpaired) electrons. The highest BCUT2D eigenvalue weighted by Gasteiger charge is 2.65. The van der Waals surface area contributed by atoms with Crippen LogP contribution in [0.5, 0.6) is 0 Å². The van der Waals surface area contributed by atoms with E-state index < -0.39 is 0 Å². The van der Waals surface area contributed by atoms with Crippen LogP contribution < -0.4 is 5.32 Å². The molecule has 1 heterocycles. The molecule has 1 amide bonds. The summed E-state index contributed by atoms with van der Waals surface area (Å²) in [6, 6.07) is 0. The third kappa shape index (κ3) is 0.446. The molecule has 2 heteroatoms. The van der Waals surface area contributed by atoms with E-state index in [1.54, 1.807) is 0 Å². The Morgan fingerprint density at radius 2 is 2.10 bits per heavy atom. The van der Waals surface area contributed by atoms with Gasteiger partial charge in [0.05, 0.1) is 5.41 Å². The van der Waals surface area contributed by atoms with Crippen LogP contribution in [0.2, 0.25) is 0 Å². The average Bonchev–Trinajstić information content (AvgIpc) is 2.28. The van der Waals surface area contributed by atoms with E-state index in [-0.39, 0.29) is 5.41 Å². The topological polar surface area (TPSA) is 29.1 Å². The molecule has 10 heavy (non-hydrogen) atoms. The van der Waals surface area contributed by atoms with Crippen LogP contribution in [-0.4, -0.2) is 12.5 Å². The van der Waals surface area contributed by atoms with Crippen molar-refractivity contribution in [3.8, 4) is 0 Å². The van der Waals surface area contributed by atoms with Gasteiger partial charge in [-0.15, -0.1) is 0 Å². The van der Waals surface area contributed by atoms with Crippen LogP contribution in [0.4, 0.5) is 0 Å². The first kappa shape index (κ1) is 6.20. The lowest BCUT2D eigenvalue weighted by molar-refractivity contribution is -0.124. The van der Waals surface area contributed by atoms with Gasteiger partial charge in [-0.3, -0.25) is 4.79 Å². The first-order valence-corrected chi connectivity index (χ1v) is 3.98. The van der Waals surface area contributed by atoms with Crippen molar-refractivity contribution in [3.63, 3.8) is 0 Å². The van der Waals surface area contributed by atoms with Crippen LogP contribution in [0.3, 0.4) is 0 Å². The highest BCUT2D eigenvalue weighted by molar-refractivity contribution is 5.88. The molecule has 1 aliphatic carbocycles. The monoisotopic (exact) mass is 139 g/mol. The molecular formula is C8H13NO. The summed E-state index contributed by atoms with van der Waals surface area (Å²) < 4.78 is 0. The summed E-state index contributed by atoms with van der Waals surface area (Å²) >= 11 is 0. The lowest BCUT2D eigenvalue weighted by atomic mass is 10.0. The van der Waals surface area contributed by atoms with Gasteiger partial charge in [0.15, 0.2) is 0 Å². The van der Waals surface area contributed by atoms with Crippen molar-refractivity contribution in [1.82, 2.24) is 5.32 Å². The average molecular weight is 139 g/mol. The van der Waals surface area contributed by atoms with Crippen LogP contribution in [0.25, 0.3) is 0 Å². The molecule has 0 aromatic carbocycles. The van der Waals surface area contributed by atoms with Crippen LogP contribution in [0.15, 0.2) is 0 Å². The summed E-state index contributed by atoms with van der Waals surface area (Å²) in [5, 5.41) is 2.89. The molecule has 1 N–H and O–H groups in total. The third-order valence-corrected chi connectivity index (χ3v) is 3.51. The first-order valence-electron chi connectivity index (χ1n) is 3.98. The van der Waals surface area contributed by atoms with Crippen molar-refractivity contribution in [2.75, 3.05) is 6.54 Å². The Hall–Kier alpha value is -0.530. The third-order valence-electron chi connectivity index (χ3n) is 3.51.